The number of thiazole rings is 1. The van der Waals surface area contributed by atoms with E-state index in [9.17, 15) is 18.7 Å². The maximum absolute atomic E-state index is 12.7. The third-order valence-corrected chi connectivity index (χ3v) is 6.65. The lowest BCUT2D eigenvalue weighted by Gasteiger charge is -2.21. The molecule has 5 rings (SSSR count). The van der Waals surface area contributed by atoms with Crippen molar-refractivity contribution >= 4 is 28.9 Å². The van der Waals surface area contributed by atoms with Gasteiger partial charge in [-0.05, 0) is 17.7 Å². The standard InChI is InChI=1S/C23H21F2N7O3S/c1-31-9-7-23(34,20(31)33)14-5-3-4-13(10-14)19-27-17(12-36-19)15-6-8-26-22(28-15)29-16-11-32(2)30-18(16)35-21(24)25/h3-6,8,10-12,21,34H,7,9H2,1-2H3,(H,26,28,29)/t23-/m1/s1. The molecule has 1 saturated heterocycles. The topological polar surface area (TPSA) is 118 Å². The second-order valence-corrected chi connectivity index (χ2v) is 9.10. The molecule has 1 aliphatic heterocycles. The second kappa shape index (κ2) is 9.24. The number of aromatic nitrogens is 5. The highest BCUT2D eigenvalue weighted by molar-refractivity contribution is 7.13. The van der Waals surface area contributed by atoms with Gasteiger partial charge in [0.25, 0.3) is 11.8 Å². The highest BCUT2D eigenvalue weighted by atomic mass is 32.1. The first kappa shape index (κ1) is 23.8. The van der Waals surface area contributed by atoms with Gasteiger partial charge >= 0.3 is 6.61 Å². The monoisotopic (exact) mass is 513 g/mol. The van der Waals surface area contributed by atoms with Crippen LogP contribution in [0.3, 0.4) is 0 Å². The molecule has 0 bridgehead atoms. The van der Waals surface area contributed by atoms with Crippen LogP contribution in [0.1, 0.15) is 12.0 Å². The van der Waals surface area contributed by atoms with E-state index in [-0.39, 0.29) is 23.4 Å². The normalized spacial score (nSPS) is 17.7. The first-order valence-corrected chi connectivity index (χ1v) is 11.7. The number of rotatable bonds is 7. The van der Waals surface area contributed by atoms with Gasteiger partial charge in [-0.15, -0.1) is 16.4 Å². The van der Waals surface area contributed by atoms with Gasteiger partial charge in [0.05, 0.1) is 11.9 Å². The van der Waals surface area contributed by atoms with Crippen LogP contribution in [0.15, 0.2) is 48.1 Å². The summed E-state index contributed by atoms with van der Waals surface area (Å²) in [6.07, 6.45) is 3.32. The number of nitrogens with one attached hydrogen (secondary N) is 1. The summed E-state index contributed by atoms with van der Waals surface area (Å²) in [6.45, 7) is -2.53. The van der Waals surface area contributed by atoms with Crippen molar-refractivity contribution in [3.63, 3.8) is 0 Å². The maximum atomic E-state index is 12.7. The van der Waals surface area contributed by atoms with Crippen LogP contribution in [0.5, 0.6) is 5.88 Å². The number of hydrogen-bond donors (Lipinski definition) is 2. The quantitative estimate of drug-likeness (QED) is 0.386. The summed E-state index contributed by atoms with van der Waals surface area (Å²) in [4.78, 5) is 27.3. The van der Waals surface area contributed by atoms with E-state index in [1.54, 1.807) is 38.4 Å². The molecule has 0 aliphatic carbocycles. The lowest BCUT2D eigenvalue weighted by atomic mass is 9.91. The highest BCUT2D eigenvalue weighted by Crippen LogP contribution is 2.36. The van der Waals surface area contributed by atoms with E-state index in [0.29, 0.717) is 34.9 Å². The number of anilines is 2. The Bertz CT molecular complexity index is 1430. The van der Waals surface area contributed by atoms with Crippen LogP contribution >= 0.6 is 11.3 Å². The van der Waals surface area contributed by atoms with Gasteiger partial charge in [0, 0.05) is 44.2 Å². The van der Waals surface area contributed by atoms with E-state index in [1.165, 1.54) is 33.3 Å². The average molecular weight is 514 g/mol. The van der Waals surface area contributed by atoms with E-state index in [2.05, 4.69) is 30.1 Å². The molecule has 10 nitrogen and oxygen atoms in total. The highest BCUT2D eigenvalue weighted by Gasteiger charge is 2.45. The number of amides is 1. The molecule has 4 heterocycles. The molecular weight excluding hydrogens is 492 g/mol. The van der Waals surface area contributed by atoms with Crippen LogP contribution in [0, 0.1) is 0 Å². The Hall–Kier alpha value is -3.97. The van der Waals surface area contributed by atoms with E-state index in [4.69, 9.17) is 0 Å². The number of ether oxygens (including phenoxy) is 1. The molecule has 186 valence electrons. The summed E-state index contributed by atoms with van der Waals surface area (Å²) < 4.78 is 31.1. The van der Waals surface area contributed by atoms with E-state index in [0.717, 1.165) is 5.56 Å². The van der Waals surface area contributed by atoms with Crippen molar-refractivity contribution in [1.82, 2.24) is 29.6 Å². The predicted octanol–water partition coefficient (Wildman–Crippen LogP) is 3.40. The molecule has 36 heavy (non-hydrogen) atoms. The van der Waals surface area contributed by atoms with Gasteiger partial charge in [-0.2, -0.15) is 8.78 Å². The number of carbonyl (C=O) groups excluding carboxylic acids is 1. The van der Waals surface area contributed by atoms with Crippen molar-refractivity contribution in [2.24, 2.45) is 7.05 Å². The predicted molar refractivity (Wildman–Crippen MR) is 128 cm³/mol. The van der Waals surface area contributed by atoms with Crippen molar-refractivity contribution < 1.29 is 23.4 Å². The van der Waals surface area contributed by atoms with Crippen LogP contribution in [0.4, 0.5) is 20.4 Å². The van der Waals surface area contributed by atoms with Crippen molar-refractivity contribution in [2.45, 2.75) is 18.6 Å². The molecule has 0 unspecified atom stereocenters. The molecule has 4 aromatic rings. The molecule has 0 spiro atoms. The van der Waals surface area contributed by atoms with E-state index in [1.807, 2.05) is 11.4 Å². The van der Waals surface area contributed by atoms with Gasteiger partial charge in [-0.1, -0.05) is 18.2 Å². The Morgan fingerprint density at radius 2 is 2.06 bits per heavy atom. The zero-order valence-electron chi connectivity index (χ0n) is 19.2. The zero-order valence-corrected chi connectivity index (χ0v) is 20.0. The van der Waals surface area contributed by atoms with Crippen molar-refractivity contribution in [3.05, 3.63) is 53.7 Å². The van der Waals surface area contributed by atoms with E-state index < -0.39 is 12.2 Å². The van der Waals surface area contributed by atoms with Crippen LogP contribution in [-0.4, -0.2) is 60.8 Å². The molecule has 3 aromatic heterocycles. The number of aliphatic hydroxyl groups is 1. The molecular formula is C23H21F2N7O3S. The minimum Gasteiger partial charge on any atom is -0.413 e. The number of likely N-dealkylation sites (tertiary alicyclic amines) is 1. The first-order valence-electron chi connectivity index (χ1n) is 10.9. The van der Waals surface area contributed by atoms with Crippen molar-refractivity contribution in [2.75, 3.05) is 18.9 Å². The number of hydrogen-bond acceptors (Lipinski definition) is 9. The van der Waals surface area contributed by atoms with Gasteiger partial charge in [0.15, 0.2) is 5.60 Å². The number of alkyl halides is 2. The Kier molecular flexibility index (Phi) is 6.10. The summed E-state index contributed by atoms with van der Waals surface area (Å²) in [6, 6.07) is 8.84. The molecule has 1 fully saturated rings. The minimum absolute atomic E-state index is 0.155. The third-order valence-electron chi connectivity index (χ3n) is 5.76. The molecule has 0 radical (unpaired) electrons. The van der Waals surface area contributed by atoms with Gasteiger partial charge in [-0.3, -0.25) is 9.48 Å². The summed E-state index contributed by atoms with van der Waals surface area (Å²) in [5, 5.41) is 20.2. The SMILES string of the molecule is CN1CC[C@@](O)(c2cccc(-c3nc(-c4ccnc(Nc5cn(C)nc5OC(F)F)n4)cs3)c2)C1=O. The van der Waals surface area contributed by atoms with Crippen LogP contribution < -0.4 is 10.1 Å². The molecule has 0 saturated carbocycles. The molecule has 1 aliphatic rings. The Morgan fingerprint density at radius 3 is 2.81 bits per heavy atom. The lowest BCUT2D eigenvalue weighted by Crippen LogP contribution is -2.36. The van der Waals surface area contributed by atoms with Gasteiger partial charge in [0.2, 0.25) is 5.95 Å². The number of carbonyl (C=O) groups is 1. The molecule has 1 atom stereocenters. The van der Waals surface area contributed by atoms with Crippen LogP contribution in [0.25, 0.3) is 22.0 Å². The zero-order chi connectivity index (χ0) is 25.4. The fourth-order valence-electron chi connectivity index (χ4n) is 3.96. The smallest absolute Gasteiger partial charge is 0.388 e. The Morgan fingerprint density at radius 1 is 1.22 bits per heavy atom. The fraction of sp³-hybridized carbons (Fsp3) is 0.261. The van der Waals surface area contributed by atoms with Gasteiger partial charge in [0.1, 0.15) is 16.4 Å². The Balaban J connectivity index is 1.39. The summed E-state index contributed by atoms with van der Waals surface area (Å²) >= 11 is 1.39. The van der Waals surface area contributed by atoms with E-state index >= 15 is 0 Å². The first-order chi connectivity index (χ1) is 17.2. The number of halogens is 2. The number of aryl methyl sites for hydroxylation is 1. The lowest BCUT2D eigenvalue weighted by molar-refractivity contribution is -0.143. The largest absolute Gasteiger partial charge is 0.413 e. The van der Waals surface area contributed by atoms with Crippen molar-refractivity contribution in [3.8, 4) is 27.8 Å². The number of nitrogens with zero attached hydrogens (tertiary/aromatic N) is 6. The van der Waals surface area contributed by atoms with Gasteiger partial charge < -0.3 is 20.1 Å². The van der Waals surface area contributed by atoms with Crippen LogP contribution in [-0.2, 0) is 17.4 Å². The van der Waals surface area contributed by atoms with Crippen LogP contribution in [0.2, 0.25) is 0 Å². The number of benzene rings is 1. The average Bonchev–Trinajstić information content (AvgIpc) is 3.55. The summed E-state index contributed by atoms with van der Waals surface area (Å²) in [5.74, 6) is -0.440. The Labute approximate surface area is 208 Å². The summed E-state index contributed by atoms with van der Waals surface area (Å²) in [7, 11) is 3.25. The summed E-state index contributed by atoms with van der Waals surface area (Å²) in [5.41, 5.74) is 1.02. The van der Waals surface area contributed by atoms with Crippen molar-refractivity contribution in [1.29, 1.82) is 0 Å². The number of likely N-dealkylation sites (N-methyl/N-ethyl adjacent to an activating group) is 1. The fourth-order valence-corrected chi connectivity index (χ4v) is 4.77. The molecule has 1 amide bonds. The van der Waals surface area contributed by atoms with Gasteiger partial charge in [-0.25, -0.2) is 15.0 Å². The second-order valence-electron chi connectivity index (χ2n) is 8.25. The molecule has 2 N–H and O–H groups in total. The third kappa shape index (κ3) is 4.50. The maximum Gasteiger partial charge on any atom is 0.388 e. The molecule has 13 heteroatoms. The molecule has 1 aromatic carbocycles. The minimum atomic E-state index is -3.02.